The zero-order valence-electron chi connectivity index (χ0n) is 10.6. The van der Waals surface area contributed by atoms with E-state index < -0.39 is 0 Å². The summed E-state index contributed by atoms with van der Waals surface area (Å²) in [5.41, 5.74) is 7.84. The van der Waals surface area contributed by atoms with Gasteiger partial charge in [-0.2, -0.15) is 0 Å². The van der Waals surface area contributed by atoms with Gasteiger partial charge in [0.2, 0.25) is 0 Å². The van der Waals surface area contributed by atoms with Crippen LogP contribution in [0.2, 0.25) is 0 Å². The van der Waals surface area contributed by atoms with Crippen LogP contribution in [0.4, 0.5) is 5.13 Å². The van der Waals surface area contributed by atoms with Crippen molar-refractivity contribution >= 4 is 27.8 Å². The Bertz CT molecular complexity index is 520. The molecule has 92 valence electrons. The average Bonchev–Trinajstić information content (AvgIpc) is 2.81. The maximum absolute atomic E-state index is 5.71. The summed E-state index contributed by atoms with van der Waals surface area (Å²) < 4.78 is 0. The largest absolute Gasteiger partial charge is 0.375 e. The minimum Gasteiger partial charge on any atom is -0.375 e. The number of aromatic nitrogens is 2. The highest BCUT2D eigenvalue weighted by molar-refractivity contribution is 7.16. The number of aryl methyl sites for hydroxylation is 1. The normalized spacial score (nSPS) is 12.0. The predicted octanol–water partition coefficient (Wildman–Crippen LogP) is 3.71. The Morgan fingerprint density at radius 1 is 1.29 bits per heavy atom. The summed E-state index contributed by atoms with van der Waals surface area (Å²) in [6.07, 6.45) is 0.966. The van der Waals surface area contributed by atoms with Gasteiger partial charge in [0.15, 0.2) is 5.13 Å². The van der Waals surface area contributed by atoms with Crippen molar-refractivity contribution in [1.29, 1.82) is 0 Å². The number of thiazole rings is 2. The Balaban J connectivity index is 2.56. The van der Waals surface area contributed by atoms with Crippen LogP contribution in [0.25, 0.3) is 10.6 Å². The molecule has 0 aliphatic rings. The minimum atomic E-state index is 0.0393. The highest BCUT2D eigenvalue weighted by Crippen LogP contribution is 2.37. The fourth-order valence-corrected chi connectivity index (χ4v) is 3.39. The van der Waals surface area contributed by atoms with Crippen molar-refractivity contribution in [3.8, 4) is 10.6 Å². The van der Waals surface area contributed by atoms with Crippen molar-refractivity contribution in [2.45, 2.75) is 39.5 Å². The molecule has 5 heteroatoms. The molecule has 0 fully saturated rings. The third kappa shape index (κ3) is 2.50. The standard InChI is InChI=1S/C12H17N3S2/c1-5-8-15-10(12(2,3)4)9(17-8)7-6-16-11(13)14-7/h6H,5H2,1-4H3,(H2,13,14). The second-order valence-electron chi connectivity index (χ2n) is 4.96. The molecule has 0 radical (unpaired) electrons. The van der Waals surface area contributed by atoms with Crippen molar-refractivity contribution in [2.75, 3.05) is 5.73 Å². The fraction of sp³-hybridized carbons (Fsp3) is 0.500. The molecule has 0 saturated heterocycles. The molecule has 0 amide bonds. The fourth-order valence-electron chi connectivity index (χ4n) is 1.59. The van der Waals surface area contributed by atoms with Crippen molar-refractivity contribution < 1.29 is 0 Å². The van der Waals surface area contributed by atoms with E-state index in [4.69, 9.17) is 10.7 Å². The number of anilines is 1. The van der Waals surface area contributed by atoms with Gasteiger partial charge in [0, 0.05) is 10.8 Å². The van der Waals surface area contributed by atoms with E-state index in [1.807, 2.05) is 5.38 Å². The molecule has 17 heavy (non-hydrogen) atoms. The van der Waals surface area contributed by atoms with Crippen LogP contribution in [-0.4, -0.2) is 9.97 Å². The molecule has 0 atom stereocenters. The quantitative estimate of drug-likeness (QED) is 0.902. The van der Waals surface area contributed by atoms with Gasteiger partial charge in [0.1, 0.15) is 0 Å². The lowest BCUT2D eigenvalue weighted by Crippen LogP contribution is -2.13. The SMILES string of the molecule is CCc1nc(C(C)(C)C)c(-c2csc(N)n2)s1. The Morgan fingerprint density at radius 2 is 2.00 bits per heavy atom. The maximum atomic E-state index is 5.71. The topological polar surface area (TPSA) is 51.8 Å². The summed E-state index contributed by atoms with van der Waals surface area (Å²) in [6.45, 7) is 8.67. The lowest BCUT2D eigenvalue weighted by Gasteiger charge is -2.16. The zero-order chi connectivity index (χ0) is 12.6. The lowest BCUT2D eigenvalue weighted by molar-refractivity contribution is 0.572. The van der Waals surface area contributed by atoms with Gasteiger partial charge in [-0.25, -0.2) is 9.97 Å². The molecule has 2 rings (SSSR count). The minimum absolute atomic E-state index is 0.0393. The van der Waals surface area contributed by atoms with Crippen molar-refractivity contribution in [1.82, 2.24) is 9.97 Å². The van der Waals surface area contributed by atoms with Crippen LogP contribution < -0.4 is 5.73 Å². The summed E-state index contributed by atoms with van der Waals surface area (Å²) >= 11 is 3.21. The molecule has 0 spiro atoms. The first-order valence-corrected chi connectivity index (χ1v) is 7.33. The van der Waals surface area contributed by atoms with Gasteiger partial charge < -0.3 is 5.73 Å². The number of nitrogens with zero attached hydrogens (tertiary/aromatic N) is 2. The van der Waals surface area contributed by atoms with E-state index in [0.29, 0.717) is 5.13 Å². The molecule has 2 N–H and O–H groups in total. The van der Waals surface area contributed by atoms with Gasteiger partial charge in [-0.1, -0.05) is 27.7 Å². The highest BCUT2D eigenvalue weighted by atomic mass is 32.1. The molecule has 2 aromatic rings. The van der Waals surface area contributed by atoms with E-state index in [0.717, 1.165) is 22.8 Å². The lowest BCUT2D eigenvalue weighted by atomic mass is 9.91. The molecule has 0 aliphatic carbocycles. The number of rotatable bonds is 2. The molecular formula is C12H17N3S2. The zero-order valence-corrected chi connectivity index (χ0v) is 12.2. The number of nitrogens with two attached hydrogens (primary N) is 1. The summed E-state index contributed by atoms with van der Waals surface area (Å²) in [6, 6.07) is 0. The van der Waals surface area contributed by atoms with Crippen molar-refractivity contribution in [3.05, 3.63) is 16.1 Å². The monoisotopic (exact) mass is 267 g/mol. The summed E-state index contributed by atoms with van der Waals surface area (Å²) in [5, 5.41) is 3.79. The summed E-state index contributed by atoms with van der Waals surface area (Å²) in [4.78, 5) is 10.3. The van der Waals surface area contributed by atoms with Gasteiger partial charge in [0.05, 0.1) is 21.3 Å². The number of nitrogen functional groups attached to an aromatic ring is 1. The van der Waals surface area contributed by atoms with E-state index in [1.165, 1.54) is 16.2 Å². The van der Waals surface area contributed by atoms with Crippen molar-refractivity contribution in [3.63, 3.8) is 0 Å². The van der Waals surface area contributed by atoms with Crippen LogP contribution in [0.15, 0.2) is 5.38 Å². The molecule has 0 aliphatic heterocycles. The molecule has 3 nitrogen and oxygen atoms in total. The Hall–Kier alpha value is -0.940. The summed E-state index contributed by atoms with van der Waals surface area (Å²) in [5.74, 6) is 0. The Morgan fingerprint density at radius 3 is 2.47 bits per heavy atom. The average molecular weight is 267 g/mol. The van der Waals surface area contributed by atoms with E-state index in [1.54, 1.807) is 11.3 Å². The predicted molar refractivity (Wildman–Crippen MR) is 75.7 cm³/mol. The van der Waals surface area contributed by atoms with Crippen LogP contribution in [0.3, 0.4) is 0 Å². The molecular weight excluding hydrogens is 250 g/mol. The Kier molecular flexibility index (Phi) is 3.23. The first-order valence-electron chi connectivity index (χ1n) is 5.63. The van der Waals surface area contributed by atoms with Gasteiger partial charge in [0.25, 0.3) is 0 Å². The summed E-state index contributed by atoms with van der Waals surface area (Å²) in [7, 11) is 0. The highest BCUT2D eigenvalue weighted by Gasteiger charge is 2.24. The third-order valence-corrected chi connectivity index (χ3v) is 4.33. The van der Waals surface area contributed by atoms with E-state index >= 15 is 0 Å². The first kappa shape index (κ1) is 12.5. The number of hydrogen-bond donors (Lipinski definition) is 1. The van der Waals surface area contributed by atoms with Crippen LogP contribution in [-0.2, 0) is 11.8 Å². The van der Waals surface area contributed by atoms with Crippen LogP contribution in [0.1, 0.15) is 38.4 Å². The second-order valence-corrected chi connectivity index (χ2v) is 6.93. The van der Waals surface area contributed by atoms with Crippen LogP contribution >= 0.6 is 22.7 Å². The van der Waals surface area contributed by atoms with Crippen LogP contribution in [0.5, 0.6) is 0 Å². The van der Waals surface area contributed by atoms with E-state index in [-0.39, 0.29) is 5.41 Å². The maximum Gasteiger partial charge on any atom is 0.180 e. The third-order valence-electron chi connectivity index (χ3n) is 2.44. The van der Waals surface area contributed by atoms with E-state index in [2.05, 4.69) is 32.7 Å². The van der Waals surface area contributed by atoms with Gasteiger partial charge in [-0.3, -0.25) is 0 Å². The molecule has 2 heterocycles. The van der Waals surface area contributed by atoms with Gasteiger partial charge in [-0.05, 0) is 6.42 Å². The molecule has 0 saturated carbocycles. The smallest absolute Gasteiger partial charge is 0.180 e. The van der Waals surface area contributed by atoms with Gasteiger partial charge in [-0.15, -0.1) is 22.7 Å². The van der Waals surface area contributed by atoms with E-state index in [9.17, 15) is 0 Å². The molecule has 0 unspecified atom stereocenters. The van der Waals surface area contributed by atoms with Crippen molar-refractivity contribution in [2.24, 2.45) is 0 Å². The molecule has 0 aromatic carbocycles. The molecule has 0 bridgehead atoms. The second kappa shape index (κ2) is 4.38. The molecule has 2 aromatic heterocycles. The Labute approximate surface area is 110 Å². The van der Waals surface area contributed by atoms with Crippen LogP contribution in [0, 0.1) is 0 Å². The first-order chi connectivity index (χ1) is 7.91. The van der Waals surface area contributed by atoms with Gasteiger partial charge >= 0.3 is 0 Å². The number of hydrogen-bond acceptors (Lipinski definition) is 5.